The van der Waals surface area contributed by atoms with E-state index in [1.54, 1.807) is 0 Å². The van der Waals surface area contributed by atoms with Gasteiger partial charge in [-0.05, 0) is 55.3 Å². The van der Waals surface area contributed by atoms with Crippen LogP contribution in [-0.2, 0) is 9.53 Å². The van der Waals surface area contributed by atoms with Gasteiger partial charge in [-0.1, -0.05) is 6.92 Å². The molecule has 0 aliphatic carbocycles. The molecule has 2 atom stereocenters. The number of rotatable bonds is 6. The van der Waals surface area contributed by atoms with Crippen LogP contribution in [0.15, 0.2) is 0 Å². The van der Waals surface area contributed by atoms with Crippen LogP contribution in [0.3, 0.4) is 0 Å². The lowest BCUT2D eigenvalue weighted by molar-refractivity contribution is -0.161. The second-order valence-corrected chi connectivity index (χ2v) is 6.15. The Labute approximate surface area is 112 Å². The van der Waals surface area contributed by atoms with E-state index in [1.165, 1.54) is 0 Å². The van der Waals surface area contributed by atoms with E-state index in [4.69, 9.17) is 4.74 Å². The molecule has 0 radical (unpaired) electrons. The summed E-state index contributed by atoms with van der Waals surface area (Å²) in [5.74, 6) is -0.144. The van der Waals surface area contributed by atoms with Gasteiger partial charge in [0.2, 0.25) is 0 Å². The average molecular weight is 258 g/mol. The van der Waals surface area contributed by atoms with Gasteiger partial charge in [-0.2, -0.15) is 0 Å². The zero-order valence-electron chi connectivity index (χ0n) is 13.3. The highest BCUT2D eigenvalue weighted by atomic mass is 16.6. The summed E-state index contributed by atoms with van der Waals surface area (Å²) in [5, 5.41) is 0. The molecule has 0 aliphatic rings. The molecule has 0 fully saturated rings. The molecule has 0 saturated heterocycles. The Kier molecular flexibility index (Phi) is 6.86. The van der Waals surface area contributed by atoms with Gasteiger partial charge in [0.25, 0.3) is 0 Å². The highest BCUT2D eigenvalue weighted by Crippen LogP contribution is 2.13. The third-order valence-corrected chi connectivity index (χ3v) is 2.81. The van der Waals surface area contributed by atoms with Crippen LogP contribution in [0.4, 0.5) is 0 Å². The number of ether oxygens (including phenoxy) is 1. The van der Waals surface area contributed by atoms with Crippen LogP contribution in [0.2, 0.25) is 0 Å². The smallest absolute Gasteiger partial charge is 0.323 e. The molecule has 0 bridgehead atoms. The summed E-state index contributed by atoms with van der Waals surface area (Å²) >= 11 is 0. The second-order valence-electron chi connectivity index (χ2n) is 6.15. The summed E-state index contributed by atoms with van der Waals surface area (Å²) in [6.45, 7) is 13.6. The zero-order valence-corrected chi connectivity index (χ0v) is 13.3. The Balaban J connectivity index is 4.60. The van der Waals surface area contributed by atoms with E-state index in [0.29, 0.717) is 6.04 Å². The van der Waals surface area contributed by atoms with Crippen LogP contribution < -0.4 is 0 Å². The molecule has 0 rings (SSSR count). The van der Waals surface area contributed by atoms with Crippen LogP contribution in [-0.4, -0.2) is 60.6 Å². The molecule has 0 aliphatic heterocycles. The third kappa shape index (κ3) is 6.36. The Hall–Kier alpha value is -0.610. The van der Waals surface area contributed by atoms with Gasteiger partial charge in [-0.25, -0.2) is 0 Å². The van der Waals surface area contributed by atoms with Crippen molar-refractivity contribution in [3.8, 4) is 0 Å². The molecular formula is C14H30N2O2. The van der Waals surface area contributed by atoms with Crippen LogP contribution in [0, 0.1) is 0 Å². The number of nitrogens with zero attached hydrogens (tertiary/aromatic N) is 2. The van der Waals surface area contributed by atoms with Crippen LogP contribution in [0.5, 0.6) is 0 Å². The Bertz CT molecular complexity index is 259. The number of carbonyl (C=O) groups excluding carboxylic acids is 1. The number of carbonyl (C=O) groups is 1. The lowest BCUT2D eigenvalue weighted by Gasteiger charge is -2.35. The van der Waals surface area contributed by atoms with E-state index in [0.717, 1.165) is 13.1 Å². The van der Waals surface area contributed by atoms with E-state index in [2.05, 4.69) is 23.6 Å². The molecule has 0 aromatic carbocycles. The largest absolute Gasteiger partial charge is 0.459 e. The predicted octanol–water partition coefficient (Wildman–Crippen LogP) is 1.99. The topological polar surface area (TPSA) is 32.8 Å². The van der Waals surface area contributed by atoms with Crippen molar-refractivity contribution in [2.45, 2.75) is 59.2 Å². The fourth-order valence-corrected chi connectivity index (χ4v) is 2.12. The van der Waals surface area contributed by atoms with Gasteiger partial charge in [0.15, 0.2) is 0 Å². The molecule has 0 aromatic heterocycles. The first-order valence-electron chi connectivity index (χ1n) is 6.71. The lowest BCUT2D eigenvalue weighted by Crippen LogP contribution is -2.49. The Morgan fingerprint density at radius 3 is 2.06 bits per heavy atom. The zero-order chi connectivity index (χ0) is 14.5. The maximum atomic E-state index is 12.1. The van der Waals surface area contributed by atoms with Crippen molar-refractivity contribution in [2.75, 3.05) is 27.2 Å². The minimum absolute atomic E-state index is 0.144. The van der Waals surface area contributed by atoms with Crippen molar-refractivity contribution >= 4 is 5.97 Å². The first kappa shape index (κ1) is 17.4. The van der Waals surface area contributed by atoms with Gasteiger partial charge < -0.3 is 9.64 Å². The first-order chi connectivity index (χ1) is 8.08. The Morgan fingerprint density at radius 2 is 1.72 bits per heavy atom. The second kappa shape index (κ2) is 7.10. The molecule has 0 saturated carbocycles. The standard InChI is InChI=1S/C14H30N2O2/c1-9-16(11(2)10-15(7)8)12(3)13(17)18-14(4,5)6/h11-12H,9-10H2,1-8H3. The molecule has 0 heterocycles. The highest BCUT2D eigenvalue weighted by molar-refractivity contribution is 5.75. The van der Waals surface area contributed by atoms with E-state index >= 15 is 0 Å². The summed E-state index contributed by atoms with van der Waals surface area (Å²) in [5.41, 5.74) is -0.421. The number of hydrogen-bond donors (Lipinski definition) is 0. The molecule has 0 spiro atoms. The minimum atomic E-state index is -0.421. The van der Waals surface area contributed by atoms with Crippen molar-refractivity contribution in [3.05, 3.63) is 0 Å². The highest BCUT2D eigenvalue weighted by Gasteiger charge is 2.28. The van der Waals surface area contributed by atoms with Gasteiger partial charge in [0.1, 0.15) is 11.6 Å². The summed E-state index contributed by atoms with van der Waals surface area (Å²) in [7, 11) is 4.09. The van der Waals surface area contributed by atoms with Gasteiger partial charge in [-0.15, -0.1) is 0 Å². The average Bonchev–Trinajstić information content (AvgIpc) is 2.14. The normalized spacial score (nSPS) is 15.9. The van der Waals surface area contributed by atoms with E-state index in [1.807, 2.05) is 41.8 Å². The summed E-state index contributed by atoms with van der Waals surface area (Å²) in [6, 6.07) is 0.122. The number of likely N-dealkylation sites (N-methyl/N-ethyl adjacent to an activating group) is 2. The lowest BCUT2D eigenvalue weighted by atomic mass is 10.1. The molecule has 0 aromatic rings. The van der Waals surface area contributed by atoms with Crippen molar-refractivity contribution < 1.29 is 9.53 Å². The molecule has 18 heavy (non-hydrogen) atoms. The first-order valence-corrected chi connectivity index (χ1v) is 6.71. The Morgan fingerprint density at radius 1 is 1.22 bits per heavy atom. The van der Waals surface area contributed by atoms with E-state index in [-0.39, 0.29) is 12.0 Å². The number of hydrogen-bond acceptors (Lipinski definition) is 4. The monoisotopic (exact) mass is 258 g/mol. The molecular weight excluding hydrogens is 228 g/mol. The van der Waals surface area contributed by atoms with Crippen molar-refractivity contribution in [2.24, 2.45) is 0 Å². The van der Waals surface area contributed by atoms with Crippen LogP contribution in [0.1, 0.15) is 41.5 Å². The minimum Gasteiger partial charge on any atom is -0.459 e. The summed E-state index contributed by atoms with van der Waals surface area (Å²) in [6.07, 6.45) is 0. The molecule has 0 amide bonds. The quantitative estimate of drug-likeness (QED) is 0.682. The maximum absolute atomic E-state index is 12.1. The summed E-state index contributed by atoms with van der Waals surface area (Å²) in [4.78, 5) is 16.4. The van der Waals surface area contributed by atoms with Crippen molar-refractivity contribution in [1.29, 1.82) is 0 Å². The molecule has 2 unspecified atom stereocenters. The van der Waals surface area contributed by atoms with Gasteiger partial charge in [0.05, 0.1) is 0 Å². The number of esters is 1. The fourth-order valence-electron chi connectivity index (χ4n) is 2.12. The maximum Gasteiger partial charge on any atom is 0.323 e. The van der Waals surface area contributed by atoms with Crippen LogP contribution in [0.25, 0.3) is 0 Å². The van der Waals surface area contributed by atoms with Gasteiger partial charge >= 0.3 is 5.97 Å². The summed E-state index contributed by atoms with van der Waals surface area (Å²) < 4.78 is 5.44. The fraction of sp³-hybridized carbons (Fsp3) is 0.929. The SMILES string of the molecule is CCN(C(C)CN(C)C)C(C)C(=O)OC(C)(C)C. The van der Waals surface area contributed by atoms with Crippen molar-refractivity contribution in [3.63, 3.8) is 0 Å². The molecule has 4 nitrogen and oxygen atoms in total. The van der Waals surface area contributed by atoms with Gasteiger partial charge in [0, 0.05) is 12.6 Å². The molecule has 108 valence electrons. The van der Waals surface area contributed by atoms with Crippen molar-refractivity contribution in [1.82, 2.24) is 9.80 Å². The van der Waals surface area contributed by atoms with Gasteiger partial charge in [-0.3, -0.25) is 9.69 Å². The van der Waals surface area contributed by atoms with E-state index in [9.17, 15) is 4.79 Å². The predicted molar refractivity (Wildman–Crippen MR) is 75.7 cm³/mol. The molecule has 0 N–H and O–H groups in total. The van der Waals surface area contributed by atoms with Crippen LogP contribution >= 0.6 is 0 Å². The molecule has 4 heteroatoms. The third-order valence-electron chi connectivity index (χ3n) is 2.81. The van der Waals surface area contributed by atoms with E-state index < -0.39 is 5.60 Å².